The highest BCUT2D eigenvalue weighted by Crippen LogP contribution is 2.28. The number of halogens is 1. The SMILES string of the molecule is CN(CC1CCC1)S(=O)(=O)c1cc(Br)c[nH]c1=O. The first-order valence-electron chi connectivity index (χ1n) is 5.76. The number of H-pyrrole nitrogens is 1. The molecule has 0 atom stereocenters. The maximum atomic E-state index is 12.3. The van der Waals surface area contributed by atoms with Crippen LogP contribution in [0.4, 0.5) is 0 Å². The fourth-order valence-corrected chi connectivity index (χ4v) is 3.74. The van der Waals surface area contributed by atoms with E-state index in [2.05, 4.69) is 20.9 Å². The van der Waals surface area contributed by atoms with Crippen molar-refractivity contribution in [3.8, 4) is 0 Å². The van der Waals surface area contributed by atoms with Crippen LogP contribution in [0, 0.1) is 5.92 Å². The van der Waals surface area contributed by atoms with E-state index in [0.29, 0.717) is 16.9 Å². The molecule has 0 amide bonds. The summed E-state index contributed by atoms with van der Waals surface area (Å²) in [5.41, 5.74) is -0.585. The largest absolute Gasteiger partial charge is 0.327 e. The Morgan fingerprint density at radius 1 is 1.50 bits per heavy atom. The highest BCUT2D eigenvalue weighted by molar-refractivity contribution is 9.10. The third kappa shape index (κ3) is 2.67. The van der Waals surface area contributed by atoms with Crippen LogP contribution in [0.15, 0.2) is 26.4 Å². The first kappa shape index (κ1) is 13.8. The monoisotopic (exact) mass is 334 g/mol. The molecule has 100 valence electrons. The second-order valence-corrected chi connectivity index (χ2v) is 7.52. The van der Waals surface area contributed by atoms with Crippen LogP contribution in [0.5, 0.6) is 0 Å². The van der Waals surface area contributed by atoms with E-state index in [0.717, 1.165) is 19.3 Å². The van der Waals surface area contributed by atoms with E-state index < -0.39 is 15.6 Å². The number of hydrogen-bond acceptors (Lipinski definition) is 3. The third-order valence-corrected chi connectivity index (χ3v) is 5.55. The van der Waals surface area contributed by atoms with E-state index in [9.17, 15) is 13.2 Å². The van der Waals surface area contributed by atoms with Gasteiger partial charge in [-0.1, -0.05) is 6.42 Å². The summed E-state index contributed by atoms with van der Waals surface area (Å²) < 4.78 is 26.3. The van der Waals surface area contributed by atoms with Gasteiger partial charge in [0.05, 0.1) is 0 Å². The molecule has 1 saturated carbocycles. The van der Waals surface area contributed by atoms with Gasteiger partial charge in [-0.2, -0.15) is 0 Å². The second kappa shape index (κ2) is 5.14. The van der Waals surface area contributed by atoms with Gasteiger partial charge in [0.1, 0.15) is 4.90 Å². The average molecular weight is 335 g/mol. The molecule has 5 nitrogen and oxygen atoms in total. The van der Waals surface area contributed by atoms with Gasteiger partial charge in [0, 0.05) is 24.3 Å². The zero-order valence-electron chi connectivity index (χ0n) is 10.0. The fraction of sp³-hybridized carbons (Fsp3) is 0.545. The number of pyridine rings is 1. The Kier molecular flexibility index (Phi) is 3.93. The van der Waals surface area contributed by atoms with Crippen molar-refractivity contribution in [2.24, 2.45) is 5.92 Å². The number of rotatable bonds is 4. The van der Waals surface area contributed by atoms with Gasteiger partial charge in [-0.3, -0.25) is 4.79 Å². The van der Waals surface area contributed by atoms with Gasteiger partial charge in [0.25, 0.3) is 5.56 Å². The topological polar surface area (TPSA) is 70.2 Å². The van der Waals surface area contributed by atoms with Gasteiger partial charge >= 0.3 is 0 Å². The van der Waals surface area contributed by atoms with Crippen molar-refractivity contribution < 1.29 is 8.42 Å². The molecular weight excluding hydrogens is 320 g/mol. The third-order valence-electron chi connectivity index (χ3n) is 3.26. The molecule has 1 N–H and O–H groups in total. The number of nitrogens with one attached hydrogen (secondary N) is 1. The lowest BCUT2D eigenvalue weighted by molar-refractivity contribution is 0.263. The molecule has 7 heteroatoms. The number of sulfonamides is 1. The molecule has 0 aliphatic heterocycles. The minimum absolute atomic E-state index is 0.210. The Hall–Kier alpha value is -0.660. The van der Waals surface area contributed by atoms with Gasteiger partial charge in [0.2, 0.25) is 10.0 Å². The van der Waals surface area contributed by atoms with Crippen molar-refractivity contribution in [3.63, 3.8) is 0 Å². The lowest BCUT2D eigenvalue weighted by Gasteiger charge is -2.29. The molecule has 1 aliphatic rings. The minimum atomic E-state index is -3.70. The normalized spacial score (nSPS) is 16.8. The Morgan fingerprint density at radius 2 is 2.17 bits per heavy atom. The fourth-order valence-electron chi connectivity index (χ4n) is 1.93. The summed E-state index contributed by atoms with van der Waals surface area (Å²) in [6.45, 7) is 0.480. The van der Waals surface area contributed by atoms with E-state index in [1.165, 1.54) is 23.6 Å². The molecule has 0 saturated heterocycles. The molecule has 1 aromatic rings. The second-order valence-electron chi connectivity index (χ2n) is 4.59. The van der Waals surface area contributed by atoms with Gasteiger partial charge in [-0.25, -0.2) is 12.7 Å². The molecule has 1 fully saturated rings. The number of aromatic nitrogens is 1. The Labute approximate surface area is 114 Å². The summed E-state index contributed by atoms with van der Waals surface area (Å²) in [4.78, 5) is 13.8. The van der Waals surface area contributed by atoms with E-state index in [1.54, 1.807) is 0 Å². The van der Waals surface area contributed by atoms with E-state index >= 15 is 0 Å². The summed E-state index contributed by atoms with van der Waals surface area (Å²) in [6, 6.07) is 1.34. The quantitative estimate of drug-likeness (QED) is 0.908. The maximum Gasteiger partial charge on any atom is 0.268 e. The summed E-state index contributed by atoms with van der Waals surface area (Å²) >= 11 is 3.16. The highest BCUT2D eigenvalue weighted by Gasteiger charge is 2.28. The first-order chi connectivity index (χ1) is 8.41. The van der Waals surface area contributed by atoms with Crippen molar-refractivity contribution in [2.75, 3.05) is 13.6 Å². The molecule has 0 bridgehead atoms. The number of aromatic amines is 1. The van der Waals surface area contributed by atoms with Crippen LogP contribution in [0.25, 0.3) is 0 Å². The van der Waals surface area contributed by atoms with Crippen LogP contribution in [0.2, 0.25) is 0 Å². The van der Waals surface area contributed by atoms with Gasteiger partial charge < -0.3 is 4.98 Å². The zero-order valence-corrected chi connectivity index (χ0v) is 12.4. The molecular formula is C11H15BrN2O3S. The minimum Gasteiger partial charge on any atom is -0.327 e. The molecule has 1 heterocycles. The van der Waals surface area contributed by atoms with Crippen LogP contribution in [-0.2, 0) is 10.0 Å². The van der Waals surface area contributed by atoms with E-state index in [-0.39, 0.29) is 4.90 Å². The van der Waals surface area contributed by atoms with Crippen molar-refractivity contribution in [1.29, 1.82) is 0 Å². The maximum absolute atomic E-state index is 12.3. The smallest absolute Gasteiger partial charge is 0.268 e. The molecule has 18 heavy (non-hydrogen) atoms. The Morgan fingerprint density at radius 3 is 2.72 bits per heavy atom. The van der Waals surface area contributed by atoms with Crippen LogP contribution in [0.1, 0.15) is 19.3 Å². The summed E-state index contributed by atoms with van der Waals surface area (Å²) in [5, 5.41) is 0. The van der Waals surface area contributed by atoms with Crippen LogP contribution >= 0.6 is 15.9 Å². The van der Waals surface area contributed by atoms with Crippen molar-refractivity contribution in [2.45, 2.75) is 24.2 Å². The van der Waals surface area contributed by atoms with Gasteiger partial charge in [-0.15, -0.1) is 0 Å². The van der Waals surface area contributed by atoms with Crippen molar-refractivity contribution in [3.05, 3.63) is 27.1 Å². The summed E-state index contributed by atoms with van der Waals surface area (Å²) in [5.74, 6) is 0.427. The number of nitrogens with zero attached hydrogens (tertiary/aromatic N) is 1. The van der Waals surface area contributed by atoms with E-state index in [1.807, 2.05) is 0 Å². The first-order valence-corrected chi connectivity index (χ1v) is 7.99. The number of hydrogen-bond donors (Lipinski definition) is 1. The molecule has 1 aromatic heterocycles. The summed E-state index contributed by atoms with van der Waals surface area (Å²) in [6.07, 6.45) is 4.71. The molecule has 0 aromatic carbocycles. The van der Waals surface area contributed by atoms with E-state index in [4.69, 9.17) is 0 Å². The summed E-state index contributed by atoms with van der Waals surface area (Å²) in [7, 11) is -2.18. The predicted molar refractivity (Wildman–Crippen MR) is 71.9 cm³/mol. The highest BCUT2D eigenvalue weighted by atomic mass is 79.9. The Bertz CT molecular complexity index is 593. The molecule has 0 unspecified atom stereocenters. The van der Waals surface area contributed by atoms with Crippen LogP contribution in [0.3, 0.4) is 0 Å². The van der Waals surface area contributed by atoms with Crippen LogP contribution in [-0.4, -0.2) is 31.3 Å². The van der Waals surface area contributed by atoms with Gasteiger partial charge in [0.15, 0.2) is 0 Å². The standard InChI is InChI=1S/C11H15BrN2O3S/c1-14(7-8-3-2-4-8)18(16,17)10-5-9(12)6-13-11(10)15/h5-6,8H,2-4,7H2,1H3,(H,13,15). The average Bonchev–Trinajstić information content (AvgIpc) is 2.26. The lowest BCUT2D eigenvalue weighted by atomic mass is 9.86. The van der Waals surface area contributed by atoms with Crippen LogP contribution < -0.4 is 5.56 Å². The predicted octanol–water partition coefficient (Wildman–Crippen LogP) is 1.56. The molecule has 2 rings (SSSR count). The lowest BCUT2D eigenvalue weighted by Crippen LogP contribution is -2.36. The zero-order chi connectivity index (χ0) is 13.3. The molecule has 0 radical (unpaired) electrons. The molecule has 1 aliphatic carbocycles. The Balaban J connectivity index is 2.28. The van der Waals surface area contributed by atoms with Gasteiger partial charge in [-0.05, 0) is 40.8 Å². The molecule has 0 spiro atoms. The van der Waals surface area contributed by atoms with Crippen molar-refractivity contribution >= 4 is 26.0 Å². The van der Waals surface area contributed by atoms with Crippen molar-refractivity contribution in [1.82, 2.24) is 9.29 Å².